The van der Waals surface area contributed by atoms with Gasteiger partial charge in [0.2, 0.25) is 0 Å². The van der Waals surface area contributed by atoms with Crippen LogP contribution in [0.1, 0.15) is 21.6 Å². The van der Waals surface area contributed by atoms with E-state index in [9.17, 15) is 10.1 Å². The second-order valence-electron chi connectivity index (χ2n) is 5.25. The van der Waals surface area contributed by atoms with Crippen molar-refractivity contribution in [1.29, 1.82) is 5.26 Å². The van der Waals surface area contributed by atoms with Gasteiger partial charge in [-0.05, 0) is 37.3 Å². The number of methoxy groups -OCH3 is 1. The average Bonchev–Trinajstić information content (AvgIpc) is 2.61. The van der Waals surface area contributed by atoms with Crippen molar-refractivity contribution < 1.29 is 9.53 Å². The summed E-state index contributed by atoms with van der Waals surface area (Å²) in [5.74, 6) is -0.423. The summed E-state index contributed by atoms with van der Waals surface area (Å²) in [6.07, 6.45) is 0. The topological polar surface area (TPSA) is 87.9 Å². The number of rotatable bonds is 3. The Labute approximate surface area is 138 Å². The largest absolute Gasteiger partial charge is 0.465 e. The SMILES string of the molecule is COC(=O)c1cccc(Nc2c(C#N)nnc3ccc(C)cc23)c1. The third-order valence-corrected chi connectivity index (χ3v) is 3.57. The lowest BCUT2D eigenvalue weighted by molar-refractivity contribution is 0.0601. The van der Waals surface area contributed by atoms with Crippen LogP contribution in [0.5, 0.6) is 0 Å². The predicted molar refractivity (Wildman–Crippen MR) is 90.1 cm³/mol. The Bertz CT molecular complexity index is 976. The van der Waals surface area contributed by atoms with Crippen LogP contribution in [0, 0.1) is 18.3 Å². The number of carbonyl (C=O) groups excluding carboxylic acids is 1. The molecule has 1 aromatic heterocycles. The molecule has 0 fully saturated rings. The van der Waals surface area contributed by atoms with Crippen molar-refractivity contribution in [2.75, 3.05) is 12.4 Å². The lowest BCUT2D eigenvalue weighted by Gasteiger charge is -2.11. The summed E-state index contributed by atoms with van der Waals surface area (Å²) in [4.78, 5) is 11.7. The van der Waals surface area contributed by atoms with Crippen LogP contribution in [-0.2, 0) is 4.74 Å². The number of carbonyl (C=O) groups is 1. The number of aromatic nitrogens is 2. The molecule has 0 aliphatic rings. The van der Waals surface area contributed by atoms with Gasteiger partial charge in [-0.15, -0.1) is 10.2 Å². The molecular formula is C18H14N4O2. The summed E-state index contributed by atoms with van der Waals surface area (Å²) in [5.41, 5.74) is 3.57. The van der Waals surface area contributed by atoms with E-state index in [1.54, 1.807) is 24.3 Å². The van der Waals surface area contributed by atoms with Crippen molar-refractivity contribution in [3.8, 4) is 6.07 Å². The number of fused-ring (bicyclic) bond motifs is 1. The van der Waals surface area contributed by atoms with Crippen molar-refractivity contribution in [1.82, 2.24) is 10.2 Å². The molecule has 3 rings (SSSR count). The fraction of sp³-hybridized carbons (Fsp3) is 0.111. The highest BCUT2D eigenvalue weighted by atomic mass is 16.5. The van der Waals surface area contributed by atoms with Crippen molar-refractivity contribution in [2.24, 2.45) is 0 Å². The smallest absolute Gasteiger partial charge is 0.337 e. The van der Waals surface area contributed by atoms with Crippen LogP contribution in [0.15, 0.2) is 42.5 Å². The number of aryl methyl sites for hydroxylation is 1. The maximum absolute atomic E-state index is 11.7. The van der Waals surface area contributed by atoms with Gasteiger partial charge in [0.1, 0.15) is 6.07 Å². The van der Waals surface area contributed by atoms with E-state index >= 15 is 0 Å². The van der Waals surface area contributed by atoms with Gasteiger partial charge in [-0.3, -0.25) is 0 Å². The summed E-state index contributed by atoms with van der Waals surface area (Å²) in [6.45, 7) is 1.97. The first kappa shape index (κ1) is 15.4. The third-order valence-electron chi connectivity index (χ3n) is 3.57. The van der Waals surface area contributed by atoms with Gasteiger partial charge < -0.3 is 10.1 Å². The lowest BCUT2D eigenvalue weighted by atomic mass is 10.1. The van der Waals surface area contributed by atoms with Crippen molar-refractivity contribution >= 4 is 28.2 Å². The van der Waals surface area contributed by atoms with E-state index in [1.807, 2.05) is 31.2 Å². The van der Waals surface area contributed by atoms with Crippen molar-refractivity contribution in [3.05, 3.63) is 59.3 Å². The molecule has 118 valence electrons. The molecule has 0 atom stereocenters. The number of nitrogens with one attached hydrogen (secondary N) is 1. The van der Waals surface area contributed by atoms with E-state index in [2.05, 4.69) is 15.5 Å². The Hall–Kier alpha value is -3.46. The Morgan fingerprint density at radius 1 is 1.21 bits per heavy atom. The maximum atomic E-state index is 11.7. The molecule has 0 spiro atoms. The molecule has 0 unspecified atom stereocenters. The molecule has 6 heteroatoms. The maximum Gasteiger partial charge on any atom is 0.337 e. The number of hydrogen-bond acceptors (Lipinski definition) is 6. The van der Waals surface area contributed by atoms with Crippen LogP contribution in [0.3, 0.4) is 0 Å². The second-order valence-corrected chi connectivity index (χ2v) is 5.25. The molecule has 0 saturated heterocycles. The van der Waals surface area contributed by atoms with E-state index in [-0.39, 0.29) is 5.69 Å². The van der Waals surface area contributed by atoms with Gasteiger partial charge in [0.15, 0.2) is 5.69 Å². The monoisotopic (exact) mass is 318 g/mol. The Morgan fingerprint density at radius 3 is 2.79 bits per heavy atom. The van der Waals surface area contributed by atoms with Crippen LogP contribution in [0.25, 0.3) is 10.9 Å². The van der Waals surface area contributed by atoms with Gasteiger partial charge in [-0.2, -0.15) is 5.26 Å². The minimum atomic E-state index is -0.423. The van der Waals surface area contributed by atoms with Gasteiger partial charge in [-0.1, -0.05) is 17.7 Å². The summed E-state index contributed by atoms with van der Waals surface area (Å²) in [5, 5.41) is 21.3. The van der Waals surface area contributed by atoms with Crippen LogP contribution < -0.4 is 5.32 Å². The zero-order chi connectivity index (χ0) is 17.1. The van der Waals surface area contributed by atoms with Gasteiger partial charge >= 0.3 is 5.97 Å². The quantitative estimate of drug-likeness (QED) is 0.745. The number of esters is 1. The third kappa shape index (κ3) is 2.88. The van der Waals surface area contributed by atoms with Crippen molar-refractivity contribution in [3.63, 3.8) is 0 Å². The molecule has 1 N–H and O–H groups in total. The number of anilines is 2. The van der Waals surface area contributed by atoms with Crippen LogP contribution in [-0.4, -0.2) is 23.3 Å². The fourth-order valence-electron chi connectivity index (χ4n) is 2.41. The van der Waals surface area contributed by atoms with Crippen molar-refractivity contribution in [2.45, 2.75) is 6.92 Å². The molecule has 0 bridgehead atoms. The van der Waals surface area contributed by atoms with Gasteiger partial charge in [0.25, 0.3) is 0 Å². The number of benzene rings is 2. The number of ether oxygens (including phenoxy) is 1. The lowest BCUT2D eigenvalue weighted by Crippen LogP contribution is -2.03. The van der Waals surface area contributed by atoms with Crippen LogP contribution in [0.4, 0.5) is 11.4 Å². The van der Waals surface area contributed by atoms with E-state index in [0.29, 0.717) is 22.5 Å². The van der Waals surface area contributed by atoms with E-state index < -0.39 is 5.97 Å². The number of nitrogens with zero attached hydrogens (tertiary/aromatic N) is 3. The molecule has 0 aliphatic carbocycles. The first-order chi connectivity index (χ1) is 11.6. The normalized spacial score (nSPS) is 10.2. The average molecular weight is 318 g/mol. The zero-order valence-electron chi connectivity index (χ0n) is 13.2. The van der Waals surface area contributed by atoms with Crippen LogP contribution in [0.2, 0.25) is 0 Å². The molecule has 0 radical (unpaired) electrons. The summed E-state index contributed by atoms with van der Waals surface area (Å²) in [7, 11) is 1.33. The minimum Gasteiger partial charge on any atom is -0.465 e. The summed E-state index contributed by atoms with van der Waals surface area (Å²) in [6, 6.07) is 14.6. The second kappa shape index (κ2) is 6.34. The summed E-state index contributed by atoms with van der Waals surface area (Å²) < 4.78 is 4.73. The first-order valence-corrected chi connectivity index (χ1v) is 7.25. The highest BCUT2D eigenvalue weighted by Gasteiger charge is 2.12. The van der Waals surface area contributed by atoms with Crippen LogP contribution >= 0.6 is 0 Å². The van der Waals surface area contributed by atoms with E-state index in [0.717, 1.165) is 10.9 Å². The molecule has 24 heavy (non-hydrogen) atoms. The number of nitriles is 1. The Balaban J connectivity index is 2.11. The summed E-state index contributed by atoms with van der Waals surface area (Å²) >= 11 is 0. The molecule has 3 aromatic rings. The zero-order valence-corrected chi connectivity index (χ0v) is 13.2. The first-order valence-electron chi connectivity index (χ1n) is 7.25. The molecule has 0 aliphatic heterocycles. The molecule has 0 amide bonds. The molecule has 0 saturated carbocycles. The van der Waals surface area contributed by atoms with E-state index in [1.165, 1.54) is 7.11 Å². The highest BCUT2D eigenvalue weighted by Crippen LogP contribution is 2.28. The Kier molecular flexibility index (Phi) is 4.08. The fourth-order valence-corrected chi connectivity index (χ4v) is 2.41. The molecular weight excluding hydrogens is 304 g/mol. The molecule has 6 nitrogen and oxygen atoms in total. The van der Waals surface area contributed by atoms with Gasteiger partial charge in [0, 0.05) is 11.1 Å². The molecule has 2 aromatic carbocycles. The Morgan fingerprint density at radius 2 is 2.04 bits per heavy atom. The minimum absolute atomic E-state index is 0.191. The predicted octanol–water partition coefficient (Wildman–Crippen LogP) is 3.34. The number of hydrogen-bond donors (Lipinski definition) is 1. The van der Waals surface area contributed by atoms with Gasteiger partial charge in [-0.25, -0.2) is 4.79 Å². The highest BCUT2D eigenvalue weighted by molar-refractivity contribution is 5.96. The van der Waals surface area contributed by atoms with Gasteiger partial charge in [0.05, 0.1) is 23.9 Å². The standard InChI is InChI=1S/C18H14N4O2/c1-11-6-7-15-14(8-11)17(16(10-19)22-21-15)20-13-5-3-4-12(9-13)18(23)24-2/h3-9H,1-2H3,(H,20,21). The molecule has 1 heterocycles. The van der Waals surface area contributed by atoms with E-state index in [4.69, 9.17) is 4.74 Å².